The Morgan fingerprint density at radius 3 is 2.58 bits per heavy atom. The van der Waals surface area contributed by atoms with Gasteiger partial charge in [0.1, 0.15) is 22.8 Å². The Morgan fingerprint density at radius 2 is 1.80 bits per heavy atom. The van der Waals surface area contributed by atoms with Crippen LogP contribution >= 0.6 is 0 Å². The summed E-state index contributed by atoms with van der Waals surface area (Å²) in [5.74, 6) is -0.875. The van der Waals surface area contributed by atoms with Crippen LogP contribution in [-0.2, 0) is 4.79 Å². The molecule has 0 saturated carbocycles. The second-order valence-electron chi connectivity index (χ2n) is 12.0. The van der Waals surface area contributed by atoms with Crippen molar-refractivity contribution in [2.24, 2.45) is 5.41 Å². The van der Waals surface area contributed by atoms with E-state index >= 15 is 4.39 Å². The second kappa shape index (κ2) is 11.7. The zero-order chi connectivity index (χ0) is 31.9. The lowest BCUT2D eigenvalue weighted by atomic mass is 9.95. The van der Waals surface area contributed by atoms with Crippen LogP contribution < -0.4 is 10.6 Å². The van der Waals surface area contributed by atoms with Crippen LogP contribution in [-0.4, -0.2) is 73.1 Å². The minimum absolute atomic E-state index is 0.128. The summed E-state index contributed by atoms with van der Waals surface area (Å²) in [7, 11) is 3.93. The van der Waals surface area contributed by atoms with Crippen LogP contribution in [0.3, 0.4) is 0 Å². The molecule has 0 saturated heterocycles. The molecule has 1 amide bonds. The van der Waals surface area contributed by atoms with Gasteiger partial charge in [-0.1, -0.05) is 20.8 Å². The molecule has 0 atom stereocenters. The molecule has 0 unspecified atom stereocenters. The highest BCUT2D eigenvalue weighted by molar-refractivity contribution is 5.98. The summed E-state index contributed by atoms with van der Waals surface area (Å²) in [6.07, 6.45) is 5.98. The normalized spacial score (nSPS) is 11.9. The molecule has 6 rings (SSSR count). The quantitative estimate of drug-likeness (QED) is 0.168. The number of aromatic nitrogens is 7. The van der Waals surface area contributed by atoms with E-state index < -0.39 is 17.0 Å². The largest absolute Gasteiger partial charge is 0.384 e. The number of imidazole rings is 1. The summed E-state index contributed by atoms with van der Waals surface area (Å²) in [4.78, 5) is 35.6. The predicted octanol–water partition coefficient (Wildman–Crippen LogP) is 5.86. The Hall–Kier alpha value is -5.30. The first-order valence-corrected chi connectivity index (χ1v) is 14.3. The zero-order valence-corrected chi connectivity index (χ0v) is 25.5. The van der Waals surface area contributed by atoms with Gasteiger partial charge in [-0.25, -0.2) is 18.7 Å². The Morgan fingerprint density at radius 1 is 1.00 bits per heavy atom. The van der Waals surface area contributed by atoms with Crippen molar-refractivity contribution < 1.29 is 13.6 Å². The van der Waals surface area contributed by atoms with Crippen molar-refractivity contribution in [2.45, 2.75) is 20.8 Å². The number of nitrogens with zero attached hydrogens (tertiary/aromatic N) is 6. The molecule has 230 valence electrons. The fraction of sp³-hybridized carbons (Fsp3) is 0.250. The first-order chi connectivity index (χ1) is 21.5. The molecular formula is C32H32F2N10O. The van der Waals surface area contributed by atoms with Gasteiger partial charge in [-0.3, -0.25) is 19.9 Å². The third-order valence-electron chi connectivity index (χ3n) is 7.20. The lowest BCUT2D eigenvalue weighted by molar-refractivity contribution is -0.123. The molecule has 0 aliphatic heterocycles. The van der Waals surface area contributed by atoms with Crippen molar-refractivity contribution >= 4 is 39.3 Å². The number of benzene rings is 1. The van der Waals surface area contributed by atoms with Gasteiger partial charge in [-0.15, -0.1) is 0 Å². The van der Waals surface area contributed by atoms with E-state index in [1.165, 1.54) is 30.7 Å². The fourth-order valence-electron chi connectivity index (χ4n) is 4.81. The highest BCUT2D eigenvalue weighted by Crippen LogP contribution is 2.35. The number of hydrogen-bond acceptors (Lipinski definition) is 8. The van der Waals surface area contributed by atoms with Crippen LogP contribution in [0, 0.1) is 17.0 Å². The number of aromatic amines is 2. The number of nitrogens with one attached hydrogen (secondary N) is 4. The molecule has 13 heteroatoms. The lowest BCUT2D eigenvalue weighted by Crippen LogP contribution is -2.27. The van der Waals surface area contributed by atoms with Gasteiger partial charge in [0.25, 0.3) is 0 Å². The topological polar surface area (TPSA) is 140 Å². The Labute approximate surface area is 257 Å². The number of halogens is 2. The van der Waals surface area contributed by atoms with E-state index in [1.54, 1.807) is 39.1 Å². The maximum absolute atomic E-state index is 16.2. The van der Waals surface area contributed by atoms with Crippen molar-refractivity contribution in [2.75, 3.05) is 37.8 Å². The van der Waals surface area contributed by atoms with E-state index in [2.05, 4.69) is 40.8 Å². The number of hydrogen-bond donors (Lipinski definition) is 4. The van der Waals surface area contributed by atoms with Crippen molar-refractivity contribution in [3.8, 4) is 33.9 Å². The van der Waals surface area contributed by atoms with Gasteiger partial charge in [0.15, 0.2) is 11.5 Å². The maximum atomic E-state index is 16.2. The Kier molecular flexibility index (Phi) is 7.71. The minimum Gasteiger partial charge on any atom is -0.384 e. The molecule has 11 nitrogen and oxygen atoms in total. The maximum Gasteiger partial charge on any atom is 0.229 e. The zero-order valence-electron chi connectivity index (χ0n) is 25.5. The monoisotopic (exact) mass is 610 g/mol. The van der Waals surface area contributed by atoms with Crippen LogP contribution in [0.1, 0.15) is 20.8 Å². The van der Waals surface area contributed by atoms with E-state index in [9.17, 15) is 9.18 Å². The Bertz CT molecular complexity index is 2040. The molecule has 4 N–H and O–H groups in total. The van der Waals surface area contributed by atoms with Gasteiger partial charge < -0.3 is 20.5 Å². The van der Waals surface area contributed by atoms with Crippen LogP contribution in [0.4, 0.5) is 20.2 Å². The number of carbonyl (C=O) groups is 1. The summed E-state index contributed by atoms with van der Waals surface area (Å²) < 4.78 is 30.9. The van der Waals surface area contributed by atoms with Crippen molar-refractivity contribution in [1.82, 2.24) is 40.0 Å². The molecule has 5 heterocycles. The average Bonchev–Trinajstić information content (AvgIpc) is 3.61. The van der Waals surface area contributed by atoms with Gasteiger partial charge >= 0.3 is 0 Å². The third-order valence-corrected chi connectivity index (χ3v) is 7.20. The first kappa shape index (κ1) is 29.8. The highest BCUT2D eigenvalue weighted by atomic mass is 19.1. The van der Waals surface area contributed by atoms with Crippen LogP contribution in [0.25, 0.3) is 56.0 Å². The first-order valence-electron chi connectivity index (χ1n) is 14.3. The van der Waals surface area contributed by atoms with Crippen LogP contribution in [0.15, 0.2) is 55.1 Å². The van der Waals surface area contributed by atoms with E-state index in [0.717, 1.165) is 6.54 Å². The molecule has 0 aliphatic rings. The van der Waals surface area contributed by atoms with E-state index in [-0.39, 0.29) is 28.2 Å². The van der Waals surface area contributed by atoms with Crippen molar-refractivity contribution in [3.63, 3.8) is 0 Å². The summed E-state index contributed by atoms with van der Waals surface area (Å²) >= 11 is 0. The van der Waals surface area contributed by atoms with Crippen molar-refractivity contribution in [3.05, 3.63) is 66.8 Å². The number of likely N-dealkylation sites (N-methyl/N-ethyl adjacent to an activating group) is 1. The summed E-state index contributed by atoms with van der Waals surface area (Å²) in [5, 5.41) is 13.3. The highest BCUT2D eigenvalue weighted by Gasteiger charge is 2.23. The fourth-order valence-corrected chi connectivity index (χ4v) is 4.81. The van der Waals surface area contributed by atoms with Gasteiger partial charge in [0.2, 0.25) is 5.91 Å². The third kappa shape index (κ3) is 6.07. The molecule has 0 aliphatic carbocycles. The second-order valence-corrected chi connectivity index (χ2v) is 12.0. The minimum atomic E-state index is -0.616. The number of fused-ring (bicyclic) bond motifs is 2. The van der Waals surface area contributed by atoms with Crippen LogP contribution in [0.2, 0.25) is 0 Å². The molecule has 0 spiro atoms. The number of rotatable bonds is 8. The number of carbonyl (C=O) groups excluding carboxylic acids is 1. The standard InChI is InChI=1S/C32H32F2N10O/c1-32(2,3)31(45)39-21-12-18(14-35-15-21)22-16-38-29-24(25(22)34)28(42-43-29)30-40-23-6-7-37-26(27(23)41-30)17-10-19(33)13-20(11-17)36-8-9-44(4)5/h6-7,10-16,36H,8-9H2,1-5H3,(H,39,45)(H,40,41)(H,38,42,43). The number of pyridine rings is 3. The molecular weight excluding hydrogens is 578 g/mol. The molecule has 5 aromatic heterocycles. The predicted molar refractivity (Wildman–Crippen MR) is 170 cm³/mol. The summed E-state index contributed by atoms with van der Waals surface area (Å²) in [6, 6.07) is 8.04. The van der Waals surface area contributed by atoms with Crippen LogP contribution in [0.5, 0.6) is 0 Å². The Balaban J connectivity index is 1.38. The lowest BCUT2D eigenvalue weighted by Gasteiger charge is -2.17. The summed E-state index contributed by atoms with van der Waals surface area (Å²) in [5.41, 5.74) is 3.61. The number of anilines is 2. The molecule has 1 aromatic carbocycles. The van der Waals surface area contributed by atoms with Gasteiger partial charge in [-0.05, 0) is 44.4 Å². The molecule has 0 bridgehead atoms. The molecule has 0 fully saturated rings. The molecule has 0 radical (unpaired) electrons. The van der Waals surface area contributed by atoms with E-state index in [4.69, 9.17) is 4.98 Å². The van der Waals surface area contributed by atoms with Gasteiger partial charge in [-0.2, -0.15) is 5.10 Å². The molecule has 6 aromatic rings. The average molecular weight is 611 g/mol. The van der Waals surface area contributed by atoms with E-state index in [0.29, 0.717) is 51.6 Å². The SMILES string of the molecule is CN(C)CCNc1cc(F)cc(-c2nccc3[nH]c(-c4[nH]nc5ncc(-c6cncc(NC(=O)C(C)(C)C)c6)c(F)c45)nc23)c1. The molecule has 45 heavy (non-hydrogen) atoms. The van der Waals surface area contributed by atoms with Gasteiger partial charge in [0.05, 0.1) is 28.5 Å². The number of amides is 1. The van der Waals surface area contributed by atoms with Gasteiger partial charge in [0, 0.05) is 59.5 Å². The van der Waals surface area contributed by atoms with E-state index in [1.807, 2.05) is 25.1 Å². The van der Waals surface area contributed by atoms with Crippen molar-refractivity contribution in [1.29, 1.82) is 0 Å². The number of H-pyrrole nitrogens is 2. The summed E-state index contributed by atoms with van der Waals surface area (Å²) in [6.45, 7) is 6.82. The smallest absolute Gasteiger partial charge is 0.229 e.